The maximum Gasteiger partial charge on any atom is 0.408 e. The van der Waals surface area contributed by atoms with Crippen LogP contribution in [0.3, 0.4) is 0 Å². The maximum absolute atomic E-state index is 12.2. The maximum atomic E-state index is 12.2. The number of nitrogens with one attached hydrogen (secondary N) is 1. The number of unbranched alkanes of at least 4 members (excludes halogenated alkanes) is 1. The Morgan fingerprint density at radius 2 is 1.96 bits per heavy atom. The van der Waals surface area contributed by atoms with Crippen molar-refractivity contribution in [3.63, 3.8) is 0 Å². The highest BCUT2D eigenvalue weighted by Gasteiger charge is 2.20. The first-order chi connectivity index (χ1) is 12.3. The molecule has 0 radical (unpaired) electrons. The molecule has 0 aliphatic carbocycles. The molecule has 0 saturated carbocycles. The van der Waals surface area contributed by atoms with Crippen molar-refractivity contribution in [1.29, 1.82) is 0 Å². The standard InChI is InChI=1S/C20H28N2O3S/c1-14-18(26-13-21-14)16-10-8-15(9-11-16)17(7-5-6-12-23)22-19(24)25-20(2,3)4/h8-11,13,17,23H,5-7,12H2,1-4H3,(H,22,24)/t17-/m0/s1. The van der Waals surface area contributed by atoms with E-state index in [2.05, 4.69) is 22.4 Å². The minimum absolute atomic E-state index is 0.145. The van der Waals surface area contributed by atoms with Gasteiger partial charge >= 0.3 is 6.09 Å². The molecule has 0 aliphatic rings. The van der Waals surface area contributed by atoms with Gasteiger partial charge in [0.1, 0.15) is 5.60 Å². The van der Waals surface area contributed by atoms with Gasteiger partial charge in [0, 0.05) is 6.61 Å². The van der Waals surface area contributed by atoms with E-state index in [9.17, 15) is 4.79 Å². The van der Waals surface area contributed by atoms with Crippen LogP contribution in [-0.4, -0.2) is 28.4 Å². The molecule has 2 aromatic rings. The zero-order chi connectivity index (χ0) is 19.2. The van der Waals surface area contributed by atoms with Crippen LogP contribution in [0.15, 0.2) is 29.8 Å². The lowest BCUT2D eigenvalue weighted by atomic mass is 9.99. The summed E-state index contributed by atoms with van der Waals surface area (Å²) in [7, 11) is 0. The Balaban J connectivity index is 2.13. The number of aliphatic hydroxyl groups excluding tert-OH is 1. The Morgan fingerprint density at radius 1 is 1.27 bits per heavy atom. The highest BCUT2D eigenvalue weighted by molar-refractivity contribution is 7.13. The summed E-state index contributed by atoms with van der Waals surface area (Å²) in [6.45, 7) is 7.70. The molecule has 0 bridgehead atoms. The molecule has 1 amide bonds. The summed E-state index contributed by atoms with van der Waals surface area (Å²) < 4.78 is 5.39. The predicted octanol–water partition coefficient (Wildman–Crippen LogP) is 4.85. The minimum atomic E-state index is -0.534. The Labute approximate surface area is 159 Å². The molecule has 1 atom stereocenters. The molecule has 5 nitrogen and oxygen atoms in total. The number of thiazole rings is 1. The van der Waals surface area contributed by atoms with Crippen molar-refractivity contribution in [2.75, 3.05) is 6.61 Å². The van der Waals surface area contributed by atoms with E-state index in [0.717, 1.165) is 34.5 Å². The van der Waals surface area contributed by atoms with Crippen molar-refractivity contribution in [3.05, 3.63) is 41.0 Å². The molecule has 6 heteroatoms. The average molecular weight is 377 g/mol. The summed E-state index contributed by atoms with van der Waals surface area (Å²) >= 11 is 1.62. The van der Waals surface area contributed by atoms with Crippen molar-refractivity contribution >= 4 is 17.4 Å². The molecule has 1 aromatic heterocycles. The molecule has 2 N–H and O–H groups in total. The number of aliphatic hydroxyl groups is 1. The van der Waals surface area contributed by atoms with Gasteiger partial charge in [-0.05, 0) is 58.1 Å². The summed E-state index contributed by atoms with van der Waals surface area (Å²) in [5.74, 6) is 0. The van der Waals surface area contributed by atoms with Crippen LogP contribution in [0.4, 0.5) is 4.79 Å². The van der Waals surface area contributed by atoms with E-state index in [1.165, 1.54) is 0 Å². The number of hydrogen-bond acceptors (Lipinski definition) is 5. The van der Waals surface area contributed by atoms with E-state index in [1.807, 2.05) is 45.3 Å². The van der Waals surface area contributed by atoms with E-state index in [-0.39, 0.29) is 12.6 Å². The molecule has 1 heterocycles. The van der Waals surface area contributed by atoms with Gasteiger partial charge in [0.25, 0.3) is 0 Å². The van der Waals surface area contributed by atoms with Crippen LogP contribution < -0.4 is 5.32 Å². The molecular weight excluding hydrogens is 348 g/mol. The van der Waals surface area contributed by atoms with Gasteiger partial charge in [-0.25, -0.2) is 9.78 Å². The first kappa shape index (κ1) is 20.4. The molecule has 26 heavy (non-hydrogen) atoms. The highest BCUT2D eigenvalue weighted by Crippen LogP contribution is 2.29. The van der Waals surface area contributed by atoms with Gasteiger partial charge in [-0.3, -0.25) is 0 Å². The van der Waals surface area contributed by atoms with E-state index < -0.39 is 11.7 Å². The van der Waals surface area contributed by atoms with Crippen LogP contribution >= 0.6 is 11.3 Å². The van der Waals surface area contributed by atoms with Gasteiger partial charge in [-0.1, -0.05) is 24.3 Å². The molecule has 2 rings (SSSR count). The van der Waals surface area contributed by atoms with Crippen LogP contribution in [-0.2, 0) is 4.74 Å². The lowest BCUT2D eigenvalue weighted by molar-refractivity contribution is 0.0500. The largest absolute Gasteiger partial charge is 0.444 e. The van der Waals surface area contributed by atoms with E-state index in [1.54, 1.807) is 11.3 Å². The molecule has 0 fully saturated rings. The molecule has 0 unspecified atom stereocenters. The third-order valence-corrected chi connectivity index (χ3v) is 4.89. The van der Waals surface area contributed by atoms with Gasteiger partial charge < -0.3 is 15.2 Å². The van der Waals surface area contributed by atoms with E-state index >= 15 is 0 Å². The average Bonchev–Trinajstić information content (AvgIpc) is 2.99. The third-order valence-electron chi connectivity index (χ3n) is 3.91. The molecule has 1 aromatic carbocycles. The fourth-order valence-electron chi connectivity index (χ4n) is 2.68. The lowest BCUT2D eigenvalue weighted by Crippen LogP contribution is -2.35. The fraction of sp³-hybridized carbons (Fsp3) is 0.500. The van der Waals surface area contributed by atoms with Crippen molar-refractivity contribution in [1.82, 2.24) is 10.3 Å². The number of aryl methyl sites for hydroxylation is 1. The molecule has 0 aliphatic heterocycles. The van der Waals surface area contributed by atoms with Crippen LogP contribution in [0.2, 0.25) is 0 Å². The second-order valence-corrected chi connectivity index (χ2v) is 8.16. The van der Waals surface area contributed by atoms with Gasteiger partial charge in [-0.2, -0.15) is 0 Å². The molecule has 0 spiro atoms. The number of carbonyl (C=O) groups excluding carboxylic acids is 1. The summed E-state index contributed by atoms with van der Waals surface area (Å²) in [5, 5.41) is 12.0. The number of benzene rings is 1. The van der Waals surface area contributed by atoms with Crippen molar-refractivity contribution in [2.45, 2.75) is 58.6 Å². The first-order valence-corrected chi connectivity index (χ1v) is 9.79. The fourth-order valence-corrected chi connectivity index (χ4v) is 3.49. The normalized spacial score (nSPS) is 12.7. The number of nitrogens with zero attached hydrogens (tertiary/aromatic N) is 1. The summed E-state index contributed by atoms with van der Waals surface area (Å²) in [5.41, 5.74) is 4.49. The number of rotatable bonds is 7. The van der Waals surface area contributed by atoms with E-state index in [4.69, 9.17) is 9.84 Å². The Kier molecular flexibility index (Phi) is 7.17. The van der Waals surface area contributed by atoms with Gasteiger partial charge in [0.05, 0.1) is 22.1 Å². The second-order valence-electron chi connectivity index (χ2n) is 7.31. The number of alkyl carbamates (subject to hydrolysis) is 1. The van der Waals surface area contributed by atoms with Gasteiger partial charge in [0.2, 0.25) is 0 Å². The van der Waals surface area contributed by atoms with Crippen LogP contribution in [0, 0.1) is 6.92 Å². The van der Waals surface area contributed by atoms with Crippen LogP contribution in [0.5, 0.6) is 0 Å². The first-order valence-electron chi connectivity index (χ1n) is 8.91. The number of amides is 1. The molecule has 0 saturated heterocycles. The Hall–Kier alpha value is -1.92. The third kappa shape index (κ3) is 6.11. The quantitative estimate of drug-likeness (QED) is 0.678. The Bertz CT molecular complexity index is 705. The monoisotopic (exact) mass is 376 g/mol. The number of carbonyl (C=O) groups is 1. The van der Waals surface area contributed by atoms with Crippen LogP contribution in [0.25, 0.3) is 10.4 Å². The Morgan fingerprint density at radius 3 is 2.50 bits per heavy atom. The predicted molar refractivity (Wildman–Crippen MR) is 105 cm³/mol. The zero-order valence-electron chi connectivity index (χ0n) is 15.9. The summed E-state index contributed by atoms with van der Waals surface area (Å²) in [6, 6.07) is 8.05. The minimum Gasteiger partial charge on any atom is -0.444 e. The topological polar surface area (TPSA) is 71.5 Å². The molecule has 142 valence electrons. The van der Waals surface area contributed by atoms with Crippen molar-refractivity contribution in [3.8, 4) is 10.4 Å². The van der Waals surface area contributed by atoms with Gasteiger partial charge in [0.15, 0.2) is 0 Å². The summed E-state index contributed by atoms with van der Waals surface area (Å²) in [4.78, 5) is 17.6. The smallest absolute Gasteiger partial charge is 0.408 e. The lowest BCUT2D eigenvalue weighted by Gasteiger charge is -2.24. The number of hydrogen-bond donors (Lipinski definition) is 2. The number of aromatic nitrogens is 1. The number of ether oxygens (including phenoxy) is 1. The van der Waals surface area contributed by atoms with Crippen molar-refractivity contribution in [2.24, 2.45) is 0 Å². The zero-order valence-corrected chi connectivity index (χ0v) is 16.7. The summed E-state index contributed by atoms with van der Waals surface area (Å²) in [6.07, 6.45) is 1.87. The van der Waals surface area contributed by atoms with Crippen molar-refractivity contribution < 1.29 is 14.6 Å². The van der Waals surface area contributed by atoms with Crippen LogP contribution in [0.1, 0.15) is 57.3 Å². The molecular formula is C20H28N2O3S. The van der Waals surface area contributed by atoms with Gasteiger partial charge in [-0.15, -0.1) is 11.3 Å². The van der Waals surface area contributed by atoms with E-state index in [0.29, 0.717) is 6.42 Å². The highest BCUT2D eigenvalue weighted by atomic mass is 32.1. The SMILES string of the molecule is Cc1ncsc1-c1ccc([C@H](CCCCO)NC(=O)OC(C)(C)C)cc1. The second kappa shape index (κ2) is 9.14.